The number of hydrogen-bond donors (Lipinski definition) is 0. The molecule has 2 fully saturated rings. The lowest BCUT2D eigenvalue weighted by Gasteiger charge is -2.40. The van der Waals surface area contributed by atoms with Crippen LogP contribution in [0.3, 0.4) is 0 Å². The van der Waals surface area contributed by atoms with Gasteiger partial charge in [-0.25, -0.2) is 0 Å². The van der Waals surface area contributed by atoms with Crippen LogP contribution in [-0.2, 0) is 19.1 Å². The minimum absolute atomic E-state index is 0.0599. The van der Waals surface area contributed by atoms with Crippen LogP contribution in [0.25, 0.3) is 0 Å². The number of piperazine rings is 1. The summed E-state index contributed by atoms with van der Waals surface area (Å²) in [6, 6.07) is 26.0. The van der Waals surface area contributed by atoms with Gasteiger partial charge in [0.05, 0.1) is 46.4 Å². The average molecular weight is 741 g/mol. The molecule has 4 aliphatic rings. The molecule has 2 saturated heterocycles. The lowest BCUT2D eigenvalue weighted by atomic mass is 9.66. The van der Waals surface area contributed by atoms with Gasteiger partial charge in [0.15, 0.2) is 23.0 Å². The summed E-state index contributed by atoms with van der Waals surface area (Å²) in [7, 11) is 4.65. The van der Waals surface area contributed by atoms with Crippen molar-refractivity contribution < 1.29 is 42.7 Å². The molecule has 0 amide bonds. The van der Waals surface area contributed by atoms with Gasteiger partial charge in [-0.15, -0.1) is 0 Å². The maximum absolute atomic E-state index is 13.9. The summed E-state index contributed by atoms with van der Waals surface area (Å²) >= 11 is 6.23. The number of ether oxygens (including phenoxy) is 7. The van der Waals surface area contributed by atoms with Crippen molar-refractivity contribution in [1.82, 2.24) is 9.80 Å². The molecular formula is C41H41ClN2O9. The van der Waals surface area contributed by atoms with E-state index in [1.807, 2.05) is 42.5 Å². The highest BCUT2D eigenvalue weighted by Crippen LogP contribution is 2.56. The van der Waals surface area contributed by atoms with Gasteiger partial charge in [-0.3, -0.25) is 19.4 Å². The molecule has 276 valence electrons. The zero-order valence-corrected chi connectivity index (χ0v) is 30.5. The van der Waals surface area contributed by atoms with E-state index in [-0.39, 0.29) is 37.9 Å². The maximum atomic E-state index is 13.9. The number of cyclic esters (lactones) is 1. The van der Waals surface area contributed by atoms with Gasteiger partial charge >= 0.3 is 11.9 Å². The van der Waals surface area contributed by atoms with Gasteiger partial charge in [-0.1, -0.05) is 54.1 Å². The van der Waals surface area contributed by atoms with Crippen LogP contribution in [0.1, 0.15) is 45.9 Å². The van der Waals surface area contributed by atoms with Crippen molar-refractivity contribution in [3.8, 4) is 28.7 Å². The van der Waals surface area contributed by atoms with Gasteiger partial charge in [0.1, 0.15) is 6.10 Å². The number of halogens is 1. The molecule has 3 heterocycles. The largest absolute Gasteiger partial charge is 0.493 e. The molecule has 12 heteroatoms. The van der Waals surface area contributed by atoms with E-state index in [9.17, 15) is 9.59 Å². The van der Waals surface area contributed by atoms with E-state index in [4.69, 9.17) is 44.8 Å². The number of fused-ring (bicyclic) bond motifs is 3. The third-order valence-corrected chi connectivity index (χ3v) is 11.1. The van der Waals surface area contributed by atoms with Crippen LogP contribution in [0.2, 0.25) is 5.02 Å². The van der Waals surface area contributed by atoms with Crippen LogP contribution in [0, 0.1) is 11.8 Å². The van der Waals surface area contributed by atoms with Crippen LogP contribution >= 0.6 is 11.6 Å². The third kappa shape index (κ3) is 6.62. The van der Waals surface area contributed by atoms with E-state index in [0.717, 1.165) is 35.3 Å². The number of benzene rings is 4. The number of carbonyl (C=O) groups is 2. The fourth-order valence-electron chi connectivity index (χ4n) is 8.38. The van der Waals surface area contributed by atoms with Crippen LogP contribution in [-0.4, -0.2) is 89.2 Å². The van der Waals surface area contributed by atoms with Gasteiger partial charge < -0.3 is 33.2 Å². The Hall–Kier alpha value is -4.97. The van der Waals surface area contributed by atoms with Crippen LogP contribution < -0.4 is 23.7 Å². The number of hydrogen-bond acceptors (Lipinski definition) is 11. The first-order valence-electron chi connectivity index (χ1n) is 17.7. The Balaban J connectivity index is 1.04. The first kappa shape index (κ1) is 35.1. The highest BCUT2D eigenvalue weighted by atomic mass is 35.5. The summed E-state index contributed by atoms with van der Waals surface area (Å²) in [6.45, 7) is 3.18. The highest BCUT2D eigenvalue weighted by Gasteiger charge is 2.54. The van der Waals surface area contributed by atoms with E-state index in [0.29, 0.717) is 46.9 Å². The molecule has 1 aliphatic carbocycles. The second-order valence-electron chi connectivity index (χ2n) is 13.7. The fourth-order valence-corrected chi connectivity index (χ4v) is 8.51. The second-order valence-corrected chi connectivity index (χ2v) is 14.1. The zero-order valence-electron chi connectivity index (χ0n) is 29.8. The molecule has 1 unspecified atom stereocenters. The molecule has 4 aromatic rings. The number of nitrogens with zero attached hydrogens (tertiary/aromatic N) is 2. The molecule has 0 N–H and O–H groups in total. The van der Waals surface area contributed by atoms with E-state index < -0.39 is 23.9 Å². The lowest BCUT2D eigenvalue weighted by Crippen LogP contribution is -2.49. The molecule has 0 spiro atoms. The molecule has 5 atom stereocenters. The molecule has 0 bridgehead atoms. The maximum Gasteiger partial charge on any atom is 0.320 e. The monoisotopic (exact) mass is 740 g/mol. The Bertz CT molecular complexity index is 1960. The van der Waals surface area contributed by atoms with Crippen molar-refractivity contribution in [2.24, 2.45) is 11.8 Å². The molecule has 0 saturated carbocycles. The predicted octanol–water partition coefficient (Wildman–Crippen LogP) is 6.02. The predicted molar refractivity (Wildman–Crippen MR) is 195 cm³/mol. The number of methoxy groups -OCH3 is 3. The van der Waals surface area contributed by atoms with Crippen LogP contribution in [0.5, 0.6) is 28.7 Å². The molecule has 53 heavy (non-hydrogen) atoms. The zero-order chi connectivity index (χ0) is 36.6. The van der Waals surface area contributed by atoms with Gasteiger partial charge in [0.2, 0.25) is 12.5 Å². The summed E-state index contributed by atoms with van der Waals surface area (Å²) < 4.78 is 40.6. The SMILES string of the molecule is COc1cc([C@@H]2c3cc4c(cc3[C@H](OC(=O)CN3CCN(C(c5ccccc5)c5ccc(Cl)cc5)CC3)[C@H]3COC(=O)[C@H]23)OCO4)cc(OC)c1OC. The second kappa shape index (κ2) is 14.8. The Morgan fingerprint density at radius 2 is 1.45 bits per heavy atom. The quantitative estimate of drug-likeness (QED) is 0.178. The Morgan fingerprint density at radius 3 is 2.09 bits per heavy atom. The van der Waals surface area contributed by atoms with Crippen LogP contribution in [0.15, 0.2) is 78.9 Å². The number of rotatable bonds is 10. The topological polar surface area (TPSA) is 105 Å². The van der Waals surface area contributed by atoms with Crippen molar-refractivity contribution >= 4 is 23.5 Å². The molecule has 0 radical (unpaired) electrons. The van der Waals surface area contributed by atoms with Gasteiger partial charge in [0.25, 0.3) is 0 Å². The molecule has 11 nitrogen and oxygen atoms in total. The summed E-state index contributed by atoms with van der Waals surface area (Å²) in [6.07, 6.45) is -0.740. The van der Waals surface area contributed by atoms with E-state index in [1.165, 1.54) is 5.56 Å². The molecule has 0 aromatic heterocycles. The lowest BCUT2D eigenvalue weighted by molar-refractivity contribution is -0.156. The summed E-state index contributed by atoms with van der Waals surface area (Å²) in [5.74, 6) is 0.197. The molecule has 4 aromatic carbocycles. The fraction of sp³-hybridized carbons (Fsp3) is 0.366. The minimum Gasteiger partial charge on any atom is -0.493 e. The first-order valence-corrected chi connectivity index (χ1v) is 18.1. The Labute approximate surface area is 313 Å². The van der Waals surface area contributed by atoms with Crippen LogP contribution in [0.4, 0.5) is 0 Å². The normalized spacial score (nSPS) is 22.7. The summed E-state index contributed by atoms with van der Waals surface area (Å²) in [5.41, 5.74) is 4.66. The summed E-state index contributed by atoms with van der Waals surface area (Å²) in [4.78, 5) is 32.0. The van der Waals surface area contributed by atoms with Gasteiger partial charge in [-0.2, -0.15) is 0 Å². The molecule has 3 aliphatic heterocycles. The van der Waals surface area contributed by atoms with Gasteiger partial charge in [-0.05, 0) is 58.7 Å². The molecular weight excluding hydrogens is 700 g/mol. The summed E-state index contributed by atoms with van der Waals surface area (Å²) in [5, 5.41) is 0.700. The van der Waals surface area contributed by atoms with Crippen molar-refractivity contribution in [3.05, 3.63) is 112 Å². The standard InChI is InChI=1S/C41H41ClN2O9/c1-47-33-17-26(18-34(48-2)40(33)49-3)36-28-19-31-32(52-23-51-31)20-29(28)39(30-22-50-41(46)37(30)36)53-35(45)21-43-13-15-44(16-14-43)38(24-7-5-4-6-8-24)25-9-11-27(42)12-10-25/h4-12,17-20,30,36-39H,13-16,21-23H2,1-3H3/t30-,36+,37-,38?,39-/m0/s1. The van der Waals surface area contributed by atoms with Gasteiger partial charge in [0, 0.05) is 48.6 Å². The first-order chi connectivity index (χ1) is 25.9. The van der Waals surface area contributed by atoms with E-state index >= 15 is 0 Å². The van der Waals surface area contributed by atoms with Crippen molar-refractivity contribution in [1.29, 1.82) is 0 Å². The average Bonchev–Trinajstić information content (AvgIpc) is 3.81. The van der Waals surface area contributed by atoms with E-state index in [1.54, 1.807) is 21.3 Å². The smallest absolute Gasteiger partial charge is 0.320 e. The highest BCUT2D eigenvalue weighted by molar-refractivity contribution is 6.30. The molecule has 8 rings (SSSR count). The van der Waals surface area contributed by atoms with E-state index in [2.05, 4.69) is 46.2 Å². The van der Waals surface area contributed by atoms with Crippen molar-refractivity contribution in [3.63, 3.8) is 0 Å². The van der Waals surface area contributed by atoms with Crippen molar-refractivity contribution in [2.75, 3.05) is 67.5 Å². The number of carbonyl (C=O) groups excluding carboxylic acids is 2. The Kier molecular flexibility index (Phi) is 9.80. The number of esters is 2. The Morgan fingerprint density at radius 1 is 0.811 bits per heavy atom. The minimum atomic E-state index is -0.740. The third-order valence-electron chi connectivity index (χ3n) is 10.8. The van der Waals surface area contributed by atoms with Crippen molar-refractivity contribution in [2.45, 2.75) is 18.1 Å².